The van der Waals surface area contributed by atoms with Crippen molar-refractivity contribution in [2.45, 2.75) is 30.2 Å². The second kappa shape index (κ2) is 5.99. The van der Waals surface area contributed by atoms with E-state index in [-0.39, 0.29) is 17.8 Å². The van der Waals surface area contributed by atoms with E-state index in [9.17, 15) is 26.4 Å². The summed E-state index contributed by atoms with van der Waals surface area (Å²) in [4.78, 5) is 9.24. The third-order valence-corrected chi connectivity index (χ3v) is 6.04. The van der Waals surface area contributed by atoms with E-state index in [2.05, 4.69) is 10.1 Å². The van der Waals surface area contributed by atoms with Crippen LogP contribution < -0.4 is 5.32 Å². The van der Waals surface area contributed by atoms with E-state index in [4.69, 9.17) is 9.47 Å². The summed E-state index contributed by atoms with van der Waals surface area (Å²) in [5, 5.41) is 2.84. The zero-order valence-corrected chi connectivity index (χ0v) is 14.8. The van der Waals surface area contributed by atoms with Crippen LogP contribution in [0.25, 0.3) is 0 Å². The summed E-state index contributed by atoms with van der Waals surface area (Å²) in [5.41, 5.74) is -1.23. The Morgan fingerprint density at radius 3 is 2.32 bits per heavy atom. The minimum atomic E-state index is -5.25. The van der Waals surface area contributed by atoms with Crippen molar-refractivity contribution in [3.8, 4) is 0 Å². The maximum Gasteiger partial charge on any atom is 0.524 e. The second-order valence-corrected chi connectivity index (χ2v) is 8.00. The Bertz CT molecular complexity index is 757. The minimum Gasteiger partial charge on any atom is -0.497 e. The molecule has 2 atom stereocenters. The lowest BCUT2D eigenvalue weighted by molar-refractivity contribution is -0.349. The second-order valence-electron chi connectivity index (χ2n) is 5.80. The highest BCUT2D eigenvalue weighted by atomic mass is 32.2. The van der Waals surface area contributed by atoms with Gasteiger partial charge in [0, 0.05) is 31.6 Å². The number of rotatable bonds is 5. The smallest absolute Gasteiger partial charge is 0.497 e. The van der Waals surface area contributed by atoms with Gasteiger partial charge in [-0.15, -0.1) is 13.2 Å². The maximum atomic E-state index is 13.0. The fraction of sp³-hybridized carbons (Fsp3) is 0.643. The molecule has 11 heteroatoms. The summed E-state index contributed by atoms with van der Waals surface area (Å²) < 4.78 is 77.8. The molecule has 1 aliphatic carbocycles. The lowest BCUT2D eigenvalue weighted by Crippen LogP contribution is -2.52. The van der Waals surface area contributed by atoms with Crippen molar-refractivity contribution in [1.29, 1.82) is 0 Å². The molecule has 25 heavy (non-hydrogen) atoms. The number of ether oxygens (including phenoxy) is 3. The molecule has 1 aliphatic heterocycles. The third-order valence-electron chi connectivity index (χ3n) is 4.42. The molecule has 1 heterocycles. The molecule has 2 unspecified atom stereocenters. The topological polar surface area (TPSA) is 90.9 Å². The Hall–Kier alpha value is -1.59. The normalized spacial score (nSPS) is 29.8. The number of hydrogen-bond acceptors (Lipinski definition) is 7. The molecule has 0 amide bonds. The van der Waals surface area contributed by atoms with E-state index in [0.717, 1.165) is 13.2 Å². The summed E-state index contributed by atoms with van der Waals surface area (Å²) in [6, 6.07) is 0. The third kappa shape index (κ3) is 3.04. The fourth-order valence-electron chi connectivity index (χ4n) is 3.14. The van der Waals surface area contributed by atoms with Gasteiger partial charge in [0.1, 0.15) is 5.76 Å². The number of hydrogen-bond donors (Lipinski definition) is 1. The summed E-state index contributed by atoms with van der Waals surface area (Å²) >= 11 is 0. The number of sulfone groups is 1. The number of halogens is 3. The van der Waals surface area contributed by atoms with Crippen LogP contribution in [0.3, 0.4) is 0 Å². The van der Waals surface area contributed by atoms with Crippen LogP contribution in [0.1, 0.15) is 13.3 Å². The molecule has 7 nitrogen and oxygen atoms in total. The predicted molar refractivity (Wildman–Crippen MR) is 79.9 cm³/mol. The number of ketones is 1. The zero-order chi connectivity index (χ0) is 19.3. The fourth-order valence-corrected chi connectivity index (χ4v) is 4.30. The lowest BCUT2D eigenvalue weighted by atomic mass is 9.84. The molecule has 0 radical (unpaired) electrons. The van der Waals surface area contributed by atoms with E-state index in [1.54, 1.807) is 0 Å². The average Bonchev–Trinajstić information content (AvgIpc) is 2.82. The van der Waals surface area contributed by atoms with Gasteiger partial charge < -0.3 is 14.8 Å². The Morgan fingerprint density at radius 2 is 1.92 bits per heavy atom. The first-order valence-corrected chi connectivity index (χ1v) is 8.98. The standard InChI is InChI=1S/C14H18F3NO6S/c1-8(19)12(23-3)7-18-10-5-11(22-2)13(6-9(10)12,25(4,20)21)24-14(15,16)17/h5,18H,6-7H2,1-4H3. The minimum absolute atomic E-state index is 0.0388. The van der Waals surface area contributed by atoms with Gasteiger partial charge in [-0.05, 0) is 12.5 Å². The molecule has 0 bridgehead atoms. The SMILES string of the molecule is COC1=CC2=C(CC1(OC(F)(F)F)S(C)(=O)=O)C(OC)(C(C)=O)CN2. The molecule has 0 aromatic heterocycles. The summed E-state index contributed by atoms with van der Waals surface area (Å²) in [5.74, 6) is -1.01. The van der Waals surface area contributed by atoms with Gasteiger partial charge in [0.15, 0.2) is 21.2 Å². The van der Waals surface area contributed by atoms with Crippen molar-refractivity contribution in [1.82, 2.24) is 5.32 Å². The molecule has 0 aromatic rings. The van der Waals surface area contributed by atoms with Crippen molar-refractivity contribution in [2.24, 2.45) is 0 Å². The van der Waals surface area contributed by atoms with Gasteiger partial charge in [-0.1, -0.05) is 0 Å². The maximum absolute atomic E-state index is 13.0. The van der Waals surface area contributed by atoms with Crippen molar-refractivity contribution in [3.05, 3.63) is 23.1 Å². The van der Waals surface area contributed by atoms with Gasteiger partial charge in [0.25, 0.3) is 0 Å². The van der Waals surface area contributed by atoms with E-state index < -0.39 is 44.7 Å². The van der Waals surface area contributed by atoms with Gasteiger partial charge in [0.2, 0.25) is 4.93 Å². The van der Waals surface area contributed by atoms with E-state index in [0.29, 0.717) is 6.26 Å². The molecule has 0 saturated carbocycles. The van der Waals surface area contributed by atoms with Gasteiger partial charge in [0.05, 0.1) is 13.7 Å². The van der Waals surface area contributed by atoms with Crippen molar-refractivity contribution < 1.29 is 40.6 Å². The Balaban J connectivity index is 2.70. The molecule has 0 spiro atoms. The number of carbonyl (C=O) groups excluding carboxylic acids is 1. The number of allylic oxidation sites excluding steroid dienone is 1. The molecule has 0 aromatic carbocycles. The number of carbonyl (C=O) groups is 1. The number of Topliss-reactive ketones (excluding diaryl/α,β-unsaturated/α-hetero) is 1. The van der Waals surface area contributed by atoms with Crippen molar-refractivity contribution in [2.75, 3.05) is 27.0 Å². The van der Waals surface area contributed by atoms with Gasteiger partial charge in [-0.3, -0.25) is 9.53 Å². The highest BCUT2D eigenvalue weighted by molar-refractivity contribution is 7.92. The lowest BCUT2D eigenvalue weighted by Gasteiger charge is -2.39. The Kier molecular flexibility index (Phi) is 4.73. The quantitative estimate of drug-likeness (QED) is 0.756. The van der Waals surface area contributed by atoms with Gasteiger partial charge in [-0.25, -0.2) is 8.42 Å². The van der Waals surface area contributed by atoms with Crippen LogP contribution in [0.15, 0.2) is 23.1 Å². The highest BCUT2D eigenvalue weighted by Gasteiger charge is 2.60. The first-order valence-electron chi connectivity index (χ1n) is 7.09. The van der Waals surface area contributed by atoms with Crippen LogP contribution in [0.2, 0.25) is 0 Å². The average molecular weight is 385 g/mol. The molecule has 0 fully saturated rings. The molecule has 1 N–H and O–H groups in total. The molecule has 2 aliphatic rings. The van der Waals surface area contributed by atoms with E-state index in [1.807, 2.05) is 0 Å². The van der Waals surface area contributed by atoms with Crippen molar-refractivity contribution in [3.63, 3.8) is 0 Å². The summed E-state index contributed by atoms with van der Waals surface area (Å²) in [6.45, 7) is 1.17. The molecule has 142 valence electrons. The molecular weight excluding hydrogens is 367 g/mol. The summed E-state index contributed by atoms with van der Waals surface area (Å²) in [6.07, 6.45) is -4.31. The van der Waals surface area contributed by atoms with Crippen LogP contribution >= 0.6 is 0 Å². The highest BCUT2D eigenvalue weighted by Crippen LogP contribution is 2.48. The van der Waals surface area contributed by atoms with Crippen LogP contribution in [-0.2, 0) is 28.8 Å². The van der Waals surface area contributed by atoms with Gasteiger partial charge >= 0.3 is 6.36 Å². The largest absolute Gasteiger partial charge is 0.524 e. The Morgan fingerprint density at radius 1 is 1.32 bits per heavy atom. The van der Waals surface area contributed by atoms with E-state index in [1.165, 1.54) is 14.0 Å². The van der Waals surface area contributed by atoms with Crippen molar-refractivity contribution >= 4 is 15.6 Å². The first kappa shape index (κ1) is 19.7. The van der Waals surface area contributed by atoms with E-state index >= 15 is 0 Å². The zero-order valence-electron chi connectivity index (χ0n) is 14.0. The number of alkyl halides is 3. The number of nitrogens with one attached hydrogen (secondary N) is 1. The van der Waals surface area contributed by atoms with Crippen LogP contribution in [0.4, 0.5) is 13.2 Å². The Labute approximate surface area is 142 Å². The molecule has 0 saturated heterocycles. The summed E-state index contributed by atoms with van der Waals surface area (Å²) in [7, 11) is -2.20. The van der Waals surface area contributed by atoms with Crippen LogP contribution in [0, 0.1) is 0 Å². The monoisotopic (exact) mass is 385 g/mol. The molecular formula is C14H18F3NO6S. The first-order chi connectivity index (χ1) is 11.3. The number of methoxy groups -OCH3 is 2. The van der Waals surface area contributed by atoms with Crippen LogP contribution in [-0.4, -0.2) is 58.1 Å². The molecule has 2 rings (SSSR count). The van der Waals surface area contributed by atoms with Crippen LogP contribution in [0.5, 0.6) is 0 Å². The predicted octanol–water partition coefficient (Wildman–Crippen LogP) is 1.03. The van der Waals surface area contributed by atoms with Gasteiger partial charge in [-0.2, -0.15) is 0 Å².